The first-order valence-electron chi connectivity index (χ1n) is 11.3. The number of hydrogen-bond acceptors (Lipinski definition) is 7. The third kappa shape index (κ3) is 5.35. The number of likely N-dealkylation sites (tertiary alicyclic amines) is 1. The highest BCUT2D eigenvalue weighted by Gasteiger charge is 2.30. The van der Waals surface area contributed by atoms with E-state index in [4.69, 9.17) is 9.47 Å². The van der Waals surface area contributed by atoms with Crippen LogP contribution in [-0.2, 0) is 9.53 Å². The van der Waals surface area contributed by atoms with Crippen LogP contribution in [0.4, 0.5) is 14.9 Å². The van der Waals surface area contributed by atoms with Crippen LogP contribution in [-0.4, -0.2) is 53.0 Å². The molecule has 1 aliphatic carbocycles. The molecule has 0 spiro atoms. The molecule has 3 heterocycles. The van der Waals surface area contributed by atoms with Gasteiger partial charge in [-0.1, -0.05) is 0 Å². The Labute approximate surface area is 207 Å². The number of ether oxygens (including phenoxy) is 2. The van der Waals surface area contributed by atoms with Gasteiger partial charge in [0.05, 0.1) is 21.6 Å². The fourth-order valence-electron chi connectivity index (χ4n) is 3.86. The van der Waals surface area contributed by atoms with E-state index in [-0.39, 0.29) is 38.7 Å². The van der Waals surface area contributed by atoms with Gasteiger partial charge in [-0.25, -0.2) is 9.18 Å². The molecular formula is C24H27FN4O5S. The summed E-state index contributed by atoms with van der Waals surface area (Å²) in [5, 5.41) is 5.38. The number of rotatable bonds is 6. The lowest BCUT2D eigenvalue weighted by Crippen LogP contribution is -2.30. The van der Waals surface area contributed by atoms with Crippen molar-refractivity contribution in [2.45, 2.75) is 38.3 Å². The van der Waals surface area contributed by atoms with E-state index in [1.54, 1.807) is 23.1 Å². The van der Waals surface area contributed by atoms with Crippen molar-refractivity contribution in [3.8, 4) is 11.5 Å². The maximum absolute atomic E-state index is 14.7. The number of halogens is 1. The van der Waals surface area contributed by atoms with Crippen LogP contribution in [0.3, 0.4) is 0 Å². The molecular weight excluding hydrogens is 475 g/mol. The van der Waals surface area contributed by atoms with Crippen molar-refractivity contribution < 1.29 is 31.1 Å². The van der Waals surface area contributed by atoms with E-state index in [0.29, 0.717) is 46.0 Å². The quantitative estimate of drug-likeness (QED) is 0.470. The summed E-state index contributed by atoms with van der Waals surface area (Å²) in [7, 11) is 0. The Morgan fingerprint density at radius 2 is 2.00 bits per heavy atom. The molecule has 5 rings (SSSR count). The van der Waals surface area contributed by atoms with Crippen LogP contribution in [0.25, 0.3) is 10.2 Å². The summed E-state index contributed by atoms with van der Waals surface area (Å²) in [4.78, 5) is 42.5. The minimum atomic E-state index is -0.638. The van der Waals surface area contributed by atoms with Gasteiger partial charge < -0.3 is 25.0 Å². The second-order valence-corrected chi connectivity index (χ2v) is 9.58. The second kappa shape index (κ2) is 9.49. The maximum Gasteiger partial charge on any atom is 0.319 e. The van der Waals surface area contributed by atoms with Crippen molar-refractivity contribution in [3.05, 3.63) is 47.2 Å². The summed E-state index contributed by atoms with van der Waals surface area (Å²) in [6.07, 6.45) is 3.73. The van der Waals surface area contributed by atoms with Gasteiger partial charge in [0.2, 0.25) is 0 Å². The highest BCUT2D eigenvalue weighted by molar-refractivity contribution is 7.21. The summed E-state index contributed by atoms with van der Waals surface area (Å²) < 4.78 is 26.4. The predicted molar refractivity (Wildman–Crippen MR) is 132 cm³/mol. The molecule has 3 aromatic rings. The van der Waals surface area contributed by atoms with E-state index in [9.17, 15) is 18.8 Å². The third-order valence-electron chi connectivity index (χ3n) is 5.67. The van der Waals surface area contributed by atoms with E-state index in [0.717, 1.165) is 12.8 Å². The molecule has 11 heteroatoms. The Morgan fingerprint density at radius 1 is 1.17 bits per heavy atom. The number of esters is 1. The van der Waals surface area contributed by atoms with Crippen LogP contribution in [0.1, 0.15) is 38.7 Å². The number of amides is 3. The predicted octanol–water partition coefficient (Wildman–Crippen LogP) is 4.78. The smallest absolute Gasteiger partial charge is 0.319 e. The van der Waals surface area contributed by atoms with E-state index in [1.165, 1.54) is 36.6 Å². The molecule has 1 saturated carbocycles. The molecule has 0 unspecified atom stereocenters. The lowest BCUT2D eigenvalue weighted by Gasteiger charge is -2.15. The van der Waals surface area contributed by atoms with Gasteiger partial charge in [0.25, 0.3) is 5.91 Å². The number of aromatic nitrogens is 1. The molecule has 1 saturated heterocycles. The molecule has 2 aromatic heterocycles. The van der Waals surface area contributed by atoms with Gasteiger partial charge >= 0.3 is 12.0 Å². The number of nitrogens with one attached hydrogen (secondary N) is 2. The fourth-order valence-corrected chi connectivity index (χ4v) is 4.89. The molecule has 3 amide bonds. The van der Waals surface area contributed by atoms with Gasteiger partial charge in [-0.15, -0.1) is 11.3 Å². The van der Waals surface area contributed by atoms with Crippen LogP contribution in [0.15, 0.2) is 36.5 Å². The monoisotopic (exact) mass is 502 g/mol. The van der Waals surface area contributed by atoms with Crippen LogP contribution in [0, 0.1) is 5.82 Å². The number of urea groups is 1. The number of nitrogens with zero attached hydrogens (tertiary/aromatic N) is 2. The SMILES string of the molecule is CC(=O)O[C@@H]1CCN(C(=O)c2cc3nccc(Oc4ccc(NC(=O)NC5CC5)cc4F)c3s2)C1.[HH].[HH]. The Bertz CT molecular complexity index is 1320. The molecule has 2 aliphatic rings. The highest BCUT2D eigenvalue weighted by Crippen LogP contribution is 2.37. The number of carbonyl (C=O) groups is 3. The zero-order chi connectivity index (χ0) is 24.5. The number of fused-ring (bicyclic) bond motifs is 1. The molecule has 1 aromatic carbocycles. The van der Waals surface area contributed by atoms with Gasteiger partial charge in [-0.3, -0.25) is 14.6 Å². The van der Waals surface area contributed by atoms with E-state index in [1.807, 2.05) is 0 Å². The lowest BCUT2D eigenvalue weighted by molar-refractivity contribution is -0.145. The second-order valence-electron chi connectivity index (χ2n) is 8.53. The van der Waals surface area contributed by atoms with E-state index >= 15 is 0 Å². The fraction of sp³-hybridized carbons (Fsp3) is 0.333. The minimum Gasteiger partial charge on any atom is -0.461 e. The van der Waals surface area contributed by atoms with Gasteiger partial charge in [0.1, 0.15) is 11.9 Å². The number of thiophene rings is 1. The first kappa shape index (κ1) is 23.0. The molecule has 2 fully saturated rings. The van der Waals surface area contributed by atoms with Crippen molar-refractivity contribution in [3.63, 3.8) is 0 Å². The first-order chi connectivity index (χ1) is 16.9. The number of benzene rings is 1. The molecule has 1 atom stereocenters. The van der Waals surface area contributed by atoms with Crippen LogP contribution in [0.2, 0.25) is 0 Å². The number of carbonyl (C=O) groups excluding carboxylic acids is 3. The van der Waals surface area contributed by atoms with Gasteiger partial charge in [0, 0.05) is 52.8 Å². The summed E-state index contributed by atoms with van der Waals surface area (Å²) in [6, 6.07) is 7.29. The lowest BCUT2D eigenvalue weighted by atomic mass is 10.3. The molecule has 9 nitrogen and oxygen atoms in total. The Kier molecular flexibility index (Phi) is 6.25. The molecule has 2 N–H and O–H groups in total. The average molecular weight is 503 g/mol. The summed E-state index contributed by atoms with van der Waals surface area (Å²) in [6.45, 7) is 2.18. The topological polar surface area (TPSA) is 110 Å². The molecule has 1 aliphatic heterocycles. The summed E-state index contributed by atoms with van der Waals surface area (Å²) in [5.74, 6) is -0.838. The molecule has 35 heavy (non-hydrogen) atoms. The van der Waals surface area contributed by atoms with E-state index in [2.05, 4.69) is 15.6 Å². The van der Waals surface area contributed by atoms with Crippen molar-refractivity contribution >= 4 is 45.1 Å². The zero-order valence-corrected chi connectivity index (χ0v) is 19.7. The van der Waals surface area contributed by atoms with Crippen molar-refractivity contribution in [2.75, 3.05) is 18.4 Å². The molecule has 186 valence electrons. The van der Waals surface area contributed by atoms with E-state index < -0.39 is 5.82 Å². The Morgan fingerprint density at radius 3 is 2.74 bits per heavy atom. The third-order valence-corrected chi connectivity index (χ3v) is 6.80. The molecule has 0 radical (unpaired) electrons. The van der Waals surface area contributed by atoms with Gasteiger partial charge in [-0.2, -0.15) is 0 Å². The number of hydrogen-bond donors (Lipinski definition) is 2. The minimum absolute atomic E-state index is 0. The van der Waals surface area contributed by atoms with Crippen molar-refractivity contribution in [1.82, 2.24) is 15.2 Å². The highest BCUT2D eigenvalue weighted by atomic mass is 32.1. The molecule has 0 bridgehead atoms. The Hall–Kier alpha value is -3.73. The Balaban J connectivity index is 0.00000190. The largest absolute Gasteiger partial charge is 0.461 e. The first-order valence-corrected chi connectivity index (χ1v) is 12.1. The van der Waals surface area contributed by atoms with Crippen molar-refractivity contribution in [1.29, 1.82) is 0 Å². The number of anilines is 1. The normalized spacial score (nSPS) is 17.3. The van der Waals surface area contributed by atoms with Gasteiger partial charge in [0.15, 0.2) is 11.6 Å². The number of pyridine rings is 1. The maximum atomic E-state index is 14.7. The summed E-state index contributed by atoms with van der Waals surface area (Å²) in [5.41, 5.74) is 0.872. The average Bonchev–Trinajstić information content (AvgIpc) is 3.31. The standard InChI is InChI=1S/C24H23FN4O5S.2H2/c1-13(30)33-16-7-9-29(12-16)23(31)21-11-18-22(35-21)20(6-8-26-18)34-19-5-4-15(10-17(19)25)28-24(32)27-14-2-3-14;;/h4-6,8,10-11,14,16H,2-3,7,9,12H2,1H3,(H2,27,28,32);2*1H/t16-;;/m1../s1. The van der Waals surface area contributed by atoms with Crippen molar-refractivity contribution in [2.24, 2.45) is 0 Å². The van der Waals surface area contributed by atoms with Crippen LogP contribution >= 0.6 is 11.3 Å². The van der Waals surface area contributed by atoms with Crippen LogP contribution in [0.5, 0.6) is 11.5 Å². The summed E-state index contributed by atoms with van der Waals surface area (Å²) >= 11 is 1.21. The van der Waals surface area contributed by atoms with Gasteiger partial charge in [-0.05, 0) is 31.0 Å². The van der Waals surface area contributed by atoms with Crippen LogP contribution < -0.4 is 15.4 Å². The zero-order valence-electron chi connectivity index (χ0n) is 18.9.